The summed E-state index contributed by atoms with van der Waals surface area (Å²) < 4.78 is 66.2. The third kappa shape index (κ3) is 3.50. The molecule has 0 atom stereocenters. The molecule has 0 saturated carbocycles. The summed E-state index contributed by atoms with van der Waals surface area (Å²) in [6.07, 6.45) is 1.37. The van der Waals surface area contributed by atoms with Crippen LogP contribution in [0.25, 0.3) is 11.0 Å². The number of H-pyrrole nitrogens is 1. The number of alkyl halides is 2. The third-order valence-electron chi connectivity index (χ3n) is 3.83. The maximum Gasteiger partial charge on any atom is 0.387 e. The average Bonchev–Trinajstić information content (AvgIpc) is 3.10. The first-order chi connectivity index (χ1) is 13.3. The molecule has 0 aliphatic heterocycles. The van der Waals surface area contributed by atoms with Gasteiger partial charge in [-0.15, -0.1) is 0 Å². The minimum absolute atomic E-state index is 0.0102. The largest absolute Gasteiger partial charge is 0.493 e. The summed E-state index contributed by atoms with van der Waals surface area (Å²) in [6, 6.07) is 5.40. The molecule has 1 aromatic carbocycles. The van der Waals surface area contributed by atoms with Gasteiger partial charge < -0.3 is 19.2 Å². The lowest BCUT2D eigenvalue weighted by Crippen LogP contribution is -2.28. The number of aromatic amines is 1. The molecule has 0 fully saturated rings. The van der Waals surface area contributed by atoms with Crippen molar-refractivity contribution >= 4 is 26.9 Å². The maximum atomic E-state index is 13.0. The Labute approximate surface area is 158 Å². The Hall–Kier alpha value is -3.15. The smallest absolute Gasteiger partial charge is 0.387 e. The minimum Gasteiger partial charge on any atom is -0.493 e. The van der Waals surface area contributed by atoms with Gasteiger partial charge in [-0.3, -0.25) is 0 Å². The van der Waals surface area contributed by atoms with E-state index in [1.165, 1.54) is 51.7 Å². The van der Waals surface area contributed by atoms with Crippen molar-refractivity contribution in [2.45, 2.75) is 11.8 Å². The Morgan fingerprint density at radius 3 is 2.57 bits per heavy atom. The summed E-state index contributed by atoms with van der Waals surface area (Å²) in [5.41, 5.74) is 0.481. The quantitative estimate of drug-likeness (QED) is 0.633. The van der Waals surface area contributed by atoms with Gasteiger partial charge in [-0.1, -0.05) is 0 Å². The van der Waals surface area contributed by atoms with Gasteiger partial charge in [0.1, 0.15) is 5.75 Å². The molecule has 3 rings (SSSR count). The van der Waals surface area contributed by atoms with Gasteiger partial charge in [-0.05, 0) is 12.1 Å². The van der Waals surface area contributed by atoms with Crippen molar-refractivity contribution < 1.29 is 31.4 Å². The van der Waals surface area contributed by atoms with Crippen LogP contribution in [0.1, 0.15) is 0 Å². The number of anilines is 1. The van der Waals surface area contributed by atoms with E-state index in [0.717, 1.165) is 4.31 Å². The molecule has 9 nitrogen and oxygen atoms in total. The van der Waals surface area contributed by atoms with Crippen LogP contribution in [0.2, 0.25) is 0 Å². The highest BCUT2D eigenvalue weighted by Gasteiger charge is 2.29. The average molecular weight is 414 g/mol. The van der Waals surface area contributed by atoms with Crippen molar-refractivity contribution in [3.05, 3.63) is 30.5 Å². The molecular formula is C16H16F2N4O5S. The molecule has 12 heteroatoms. The van der Waals surface area contributed by atoms with Gasteiger partial charge in [-0.2, -0.15) is 17.2 Å². The van der Waals surface area contributed by atoms with Gasteiger partial charge in [0, 0.05) is 25.4 Å². The molecule has 1 N–H and O–H groups in total. The van der Waals surface area contributed by atoms with Crippen LogP contribution in [0, 0.1) is 0 Å². The van der Waals surface area contributed by atoms with Crippen LogP contribution in [0.4, 0.5) is 14.6 Å². The lowest BCUT2D eigenvalue weighted by molar-refractivity contribution is -0.0497. The van der Waals surface area contributed by atoms with E-state index < -0.39 is 21.8 Å². The van der Waals surface area contributed by atoms with E-state index in [1.54, 1.807) is 0 Å². The molecule has 3 aromatic rings. The lowest BCUT2D eigenvalue weighted by atomic mass is 10.3. The number of methoxy groups -OCH3 is 2. The van der Waals surface area contributed by atoms with E-state index in [-0.39, 0.29) is 22.8 Å². The van der Waals surface area contributed by atoms with Gasteiger partial charge in [0.05, 0.1) is 25.3 Å². The second kappa shape index (κ2) is 7.46. The van der Waals surface area contributed by atoms with Crippen molar-refractivity contribution in [2.24, 2.45) is 0 Å². The number of pyridine rings is 1. The van der Waals surface area contributed by atoms with E-state index in [1.807, 2.05) is 0 Å². The molecule has 0 spiro atoms. The summed E-state index contributed by atoms with van der Waals surface area (Å²) >= 11 is 0. The molecule has 150 valence electrons. The van der Waals surface area contributed by atoms with Crippen LogP contribution in [0.3, 0.4) is 0 Å². The van der Waals surface area contributed by atoms with Crippen LogP contribution >= 0.6 is 0 Å². The predicted molar refractivity (Wildman–Crippen MR) is 95.7 cm³/mol. The van der Waals surface area contributed by atoms with Gasteiger partial charge >= 0.3 is 6.61 Å². The van der Waals surface area contributed by atoms with E-state index in [9.17, 15) is 17.2 Å². The number of hydrogen-bond donors (Lipinski definition) is 1. The molecule has 0 aliphatic carbocycles. The molecule has 2 aromatic heterocycles. The zero-order valence-corrected chi connectivity index (χ0v) is 15.8. The number of aromatic nitrogens is 3. The number of ether oxygens (including phenoxy) is 3. The number of sulfonamides is 1. The number of nitrogens with one attached hydrogen (secondary N) is 1. The maximum absolute atomic E-state index is 13.0. The van der Waals surface area contributed by atoms with Gasteiger partial charge in [-0.25, -0.2) is 14.3 Å². The predicted octanol–water partition coefficient (Wildman–Crippen LogP) is 2.40. The second-order valence-corrected chi connectivity index (χ2v) is 7.33. The molecular weight excluding hydrogens is 398 g/mol. The number of fused-ring (bicyclic) bond motifs is 1. The number of hydrogen-bond acceptors (Lipinski definition) is 7. The minimum atomic E-state index is -4.17. The van der Waals surface area contributed by atoms with Crippen molar-refractivity contribution in [3.8, 4) is 17.2 Å². The fraction of sp³-hybridized carbons (Fsp3) is 0.250. The monoisotopic (exact) mass is 414 g/mol. The highest BCUT2D eigenvalue weighted by molar-refractivity contribution is 7.92. The topological polar surface area (TPSA) is 107 Å². The Kier molecular flexibility index (Phi) is 5.23. The van der Waals surface area contributed by atoms with E-state index in [0.29, 0.717) is 11.3 Å². The van der Waals surface area contributed by atoms with Crippen LogP contribution in [0.5, 0.6) is 17.2 Å². The van der Waals surface area contributed by atoms with Crippen LogP contribution in [-0.4, -0.2) is 51.2 Å². The molecule has 0 saturated heterocycles. The normalized spacial score (nSPS) is 11.6. The molecule has 28 heavy (non-hydrogen) atoms. The standard InChI is InChI=1S/C16H16F2N4O5S/c1-22(14-13(26-3)12(25-2)6-7-19-14)28(23,24)16-20-10-5-4-9(27-15(17)18)8-11(10)21-16/h4-8,15H,1-3H3,(H,20,21). The lowest BCUT2D eigenvalue weighted by Gasteiger charge is -2.20. The Balaban J connectivity index is 2.03. The fourth-order valence-corrected chi connectivity index (χ4v) is 3.57. The van der Waals surface area contributed by atoms with Gasteiger partial charge in [0.2, 0.25) is 10.9 Å². The number of benzene rings is 1. The highest BCUT2D eigenvalue weighted by Crippen LogP contribution is 2.36. The zero-order valence-electron chi connectivity index (χ0n) is 15.0. The number of rotatable bonds is 7. The summed E-state index contributed by atoms with van der Waals surface area (Å²) in [5.74, 6) is 0.277. The first kappa shape index (κ1) is 19.6. The van der Waals surface area contributed by atoms with Gasteiger partial charge in [0.25, 0.3) is 10.0 Å². The molecule has 0 radical (unpaired) electrons. The zero-order chi connectivity index (χ0) is 20.5. The third-order valence-corrected chi connectivity index (χ3v) is 5.41. The van der Waals surface area contributed by atoms with Crippen molar-refractivity contribution in [1.29, 1.82) is 0 Å². The molecule has 2 heterocycles. The molecule has 0 bridgehead atoms. The first-order valence-electron chi connectivity index (χ1n) is 7.78. The SMILES string of the molecule is COc1ccnc(N(C)S(=O)(=O)c2nc3cc(OC(F)F)ccc3[nH]2)c1OC. The Morgan fingerprint density at radius 2 is 1.93 bits per heavy atom. The van der Waals surface area contributed by atoms with E-state index >= 15 is 0 Å². The van der Waals surface area contributed by atoms with Gasteiger partial charge in [0.15, 0.2) is 11.6 Å². The van der Waals surface area contributed by atoms with Crippen molar-refractivity contribution in [2.75, 3.05) is 25.6 Å². The Bertz CT molecular complexity index is 1100. The summed E-state index contributed by atoms with van der Waals surface area (Å²) in [6.45, 7) is -3.00. The summed E-state index contributed by atoms with van der Waals surface area (Å²) in [7, 11) is -0.124. The first-order valence-corrected chi connectivity index (χ1v) is 9.22. The molecule has 0 unspecified atom stereocenters. The number of nitrogens with zero attached hydrogens (tertiary/aromatic N) is 3. The number of imidazole rings is 1. The molecule has 0 amide bonds. The summed E-state index contributed by atoms with van der Waals surface area (Å²) in [5, 5.41) is -0.397. The Morgan fingerprint density at radius 1 is 1.18 bits per heavy atom. The van der Waals surface area contributed by atoms with Crippen LogP contribution < -0.4 is 18.5 Å². The summed E-state index contributed by atoms with van der Waals surface area (Å²) in [4.78, 5) is 10.7. The highest BCUT2D eigenvalue weighted by atomic mass is 32.2. The van der Waals surface area contributed by atoms with Crippen molar-refractivity contribution in [3.63, 3.8) is 0 Å². The number of halogens is 2. The van der Waals surface area contributed by atoms with Crippen molar-refractivity contribution in [1.82, 2.24) is 15.0 Å². The molecule has 0 aliphatic rings. The van der Waals surface area contributed by atoms with E-state index in [2.05, 4.69) is 19.7 Å². The van der Waals surface area contributed by atoms with Crippen LogP contribution in [-0.2, 0) is 10.0 Å². The van der Waals surface area contributed by atoms with E-state index in [4.69, 9.17) is 9.47 Å². The van der Waals surface area contributed by atoms with Crippen LogP contribution in [0.15, 0.2) is 35.6 Å². The second-order valence-electron chi connectivity index (χ2n) is 5.44. The fourth-order valence-electron chi connectivity index (χ4n) is 2.50.